The summed E-state index contributed by atoms with van der Waals surface area (Å²) in [5.74, 6) is 2.09. The molecule has 0 fully saturated rings. The number of ether oxygens (including phenoxy) is 2. The lowest BCUT2D eigenvalue weighted by molar-refractivity contribution is -0.125. The van der Waals surface area contributed by atoms with Gasteiger partial charge in [0.1, 0.15) is 5.76 Å². The van der Waals surface area contributed by atoms with Crippen LogP contribution in [0.5, 0.6) is 11.5 Å². The highest BCUT2D eigenvalue weighted by Crippen LogP contribution is 2.32. The fourth-order valence-corrected chi connectivity index (χ4v) is 2.03. The first-order chi connectivity index (χ1) is 10.2. The van der Waals surface area contributed by atoms with E-state index >= 15 is 0 Å². The average molecular weight is 285 g/mol. The number of amides is 1. The zero-order valence-corrected chi connectivity index (χ0v) is 11.6. The van der Waals surface area contributed by atoms with Crippen molar-refractivity contribution in [1.82, 2.24) is 4.90 Å². The number of rotatable bonds is 4. The van der Waals surface area contributed by atoms with Crippen molar-refractivity contribution in [3.63, 3.8) is 0 Å². The standard InChI is InChI=1S/C16H15NO4/c1-17(10-13-3-2-8-19-13)16(18)7-5-12-4-6-14-15(9-12)21-11-20-14/h2-9H,10-11H2,1H3/b7-5+. The van der Waals surface area contributed by atoms with Crippen LogP contribution in [-0.2, 0) is 11.3 Å². The van der Waals surface area contributed by atoms with Gasteiger partial charge in [-0.2, -0.15) is 0 Å². The molecule has 0 N–H and O–H groups in total. The van der Waals surface area contributed by atoms with Gasteiger partial charge in [0.05, 0.1) is 12.8 Å². The average Bonchev–Trinajstić information content (AvgIpc) is 3.14. The topological polar surface area (TPSA) is 51.9 Å². The molecule has 0 saturated carbocycles. The SMILES string of the molecule is CN(Cc1ccco1)C(=O)/C=C/c1ccc2c(c1)OCO2. The van der Waals surface area contributed by atoms with Gasteiger partial charge in [-0.05, 0) is 35.9 Å². The van der Waals surface area contributed by atoms with Crippen molar-refractivity contribution in [3.05, 3.63) is 54.0 Å². The van der Waals surface area contributed by atoms with Gasteiger partial charge in [0.25, 0.3) is 0 Å². The van der Waals surface area contributed by atoms with Crippen molar-refractivity contribution >= 4 is 12.0 Å². The lowest BCUT2D eigenvalue weighted by Gasteiger charge is -2.12. The molecular formula is C16H15NO4. The molecule has 1 aromatic carbocycles. The predicted octanol–water partition coefficient (Wildman–Crippen LogP) is 2.68. The van der Waals surface area contributed by atoms with Crippen LogP contribution in [0.4, 0.5) is 0 Å². The minimum absolute atomic E-state index is 0.0935. The fraction of sp³-hybridized carbons (Fsp3) is 0.188. The highest BCUT2D eigenvalue weighted by atomic mass is 16.7. The third-order valence-corrected chi connectivity index (χ3v) is 3.16. The summed E-state index contributed by atoms with van der Waals surface area (Å²) in [4.78, 5) is 13.6. The van der Waals surface area contributed by atoms with E-state index in [1.54, 1.807) is 30.4 Å². The Labute approximate surface area is 122 Å². The van der Waals surface area contributed by atoms with Gasteiger partial charge in [-0.15, -0.1) is 0 Å². The molecule has 2 heterocycles. The molecule has 1 amide bonds. The van der Waals surface area contributed by atoms with E-state index in [9.17, 15) is 4.79 Å². The maximum absolute atomic E-state index is 12.0. The van der Waals surface area contributed by atoms with Gasteiger partial charge in [-0.3, -0.25) is 4.79 Å². The minimum Gasteiger partial charge on any atom is -0.467 e. The van der Waals surface area contributed by atoms with E-state index in [2.05, 4.69) is 0 Å². The van der Waals surface area contributed by atoms with E-state index in [1.807, 2.05) is 24.3 Å². The van der Waals surface area contributed by atoms with Crippen molar-refractivity contribution in [1.29, 1.82) is 0 Å². The normalized spacial score (nSPS) is 12.8. The van der Waals surface area contributed by atoms with Gasteiger partial charge in [-0.1, -0.05) is 6.07 Å². The molecule has 0 bridgehead atoms. The molecule has 2 aromatic rings. The summed E-state index contributed by atoms with van der Waals surface area (Å²) in [6, 6.07) is 9.20. The van der Waals surface area contributed by atoms with Crippen LogP contribution in [-0.4, -0.2) is 24.6 Å². The zero-order valence-electron chi connectivity index (χ0n) is 11.6. The number of nitrogens with zero attached hydrogens (tertiary/aromatic N) is 1. The van der Waals surface area contributed by atoms with E-state index < -0.39 is 0 Å². The molecule has 5 nitrogen and oxygen atoms in total. The Bertz CT molecular complexity index is 661. The number of hydrogen-bond donors (Lipinski definition) is 0. The number of furan rings is 1. The van der Waals surface area contributed by atoms with E-state index in [0.717, 1.165) is 17.1 Å². The first-order valence-corrected chi connectivity index (χ1v) is 6.57. The molecule has 108 valence electrons. The molecule has 3 rings (SSSR count). The Balaban J connectivity index is 1.63. The van der Waals surface area contributed by atoms with Crippen LogP contribution in [0.25, 0.3) is 6.08 Å². The summed E-state index contributed by atoms with van der Waals surface area (Å²) in [7, 11) is 1.73. The summed E-state index contributed by atoms with van der Waals surface area (Å²) in [6.07, 6.45) is 4.87. The molecule has 1 aliphatic rings. The molecule has 21 heavy (non-hydrogen) atoms. The third-order valence-electron chi connectivity index (χ3n) is 3.16. The molecule has 0 aliphatic carbocycles. The van der Waals surface area contributed by atoms with Crippen molar-refractivity contribution in [2.45, 2.75) is 6.54 Å². The van der Waals surface area contributed by atoms with Gasteiger partial charge >= 0.3 is 0 Å². The van der Waals surface area contributed by atoms with Crippen LogP contribution in [0.3, 0.4) is 0 Å². The lowest BCUT2D eigenvalue weighted by atomic mass is 10.2. The van der Waals surface area contributed by atoms with E-state index in [4.69, 9.17) is 13.9 Å². The summed E-state index contributed by atoms with van der Waals surface area (Å²) in [5.41, 5.74) is 0.888. The lowest BCUT2D eigenvalue weighted by Crippen LogP contribution is -2.23. The highest BCUT2D eigenvalue weighted by molar-refractivity contribution is 5.91. The van der Waals surface area contributed by atoms with Crippen molar-refractivity contribution in [2.75, 3.05) is 13.8 Å². The molecule has 0 saturated heterocycles. The highest BCUT2D eigenvalue weighted by Gasteiger charge is 2.12. The largest absolute Gasteiger partial charge is 0.467 e. The molecule has 1 aromatic heterocycles. The van der Waals surface area contributed by atoms with Crippen LogP contribution in [0.2, 0.25) is 0 Å². The van der Waals surface area contributed by atoms with Crippen LogP contribution >= 0.6 is 0 Å². The van der Waals surface area contributed by atoms with E-state index in [-0.39, 0.29) is 12.7 Å². The summed E-state index contributed by atoms with van der Waals surface area (Å²) >= 11 is 0. The molecular weight excluding hydrogens is 270 g/mol. The quantitative estimate of drug-likeness (QED) is 0.810. The van der Waals surface area contributed by atoms with Crippen LogP contribution in [0.15, 0.2) is 47.1 Å². The Morgan fingerprint density at radius 3 is 2.95 bits per heavy atom. The number of likely N-dealkylation sites (N-methyl/N-ethyl adjacent to an activating group) is 1. The number of hydrogen-bond acceptors (Lipinski definition) is 4. The molecule has 5 heteroatoms. The maximum atomic E-state index is 12.0. The van der Waals surface area contributed by atoms with E-state index in [1.165, 1.54) is 6.08 Å². The van der Waals surface area contributed by atoms with Gasteiger partial charge < -0.3 is 18.8 Å². The van der Waals surface area contributed by atoms with Crippen LogP contribution in [0, 0.1) is 0 Å². The second-order valence-corrected chi connectivity index (χ2v) is 4.72. The Hall–Kier alpha value is -2.69. The Kier molecular flexibility index (Phi) is 3.64. The van der Waals surface area contributed by atoms with Crippen LogP contribution < -0.4 is 9.47 Å². The Morgan fingerprint density at radius 2 is 2.14 bits per heavy atom. The number of carbonyl (C=O) groups excluding carboxylic acids is 1. The summed E-state index contributed by atoms with van der Waals surface area (Å²) < 4.78 is 15.8. The fourth-order valence-electron chi connectivity index (χ4n) is 2.03. The number of benzene rings is 1. The Morgan fingerprint density at radius 1 is 1.29 bits per heavy atom. The smallest absolute Gasteiger partial charge is 0.246 e. The molecule has 0 unspecified atom stereocenters. The predicted molar refractivity (Wildman–Crippen MR) is 76.8 cm³/mol. The first-order valence-electron chi connectivity index (χ1n) is 6.57. The number of fused-ring (bicyclic) bond motifs is 1. The molecule has 0 spiro atoms. The monoisotopic (exact) mass is 285 g/mol. The molecule has 0 atom stereocenters. The van der Waals surface area contributed by atoms with E-state index in [0.29, 0.717) is 12.3 Å². The van der Waals surface area contributed by atoms with Crippen molar-refractivity contribution in [3.8, 4) is 11.5 Å². The van der Waals surface area contributed by atoms with Gasteiger partial charge in [0.15, 0.2) is 11.5 Å². The summed E-state index contributed by atoms with van der Waals surface area (Å²) in [6.45, 7) is 0.685. The first kappa shape index (κ1) is 13.3. The van der Waals surface area contributed by atoms with Crippen LogP contribution in [0.1, 0.15) is 11.3 Å². The third kappa shape index (κ3) is 3.08. The van der Waals surface area contributed by atoms with Crippen molar-refractivity contribution in [2.24, 2.45) is 0 Å². The molecule has 0 radical (unpaired) electrons. The summed E-state index contributed by atoms with van der Waals surface area (Å²) in [5, 5.41) is 0. The zero-order chi connectivity index (χ0) is 14.7. The van der Waals surface area contributed by atoms with Gasteiger partial charge in [-0.25, -0.2) is 0 Å². The second-order valence-electron chi connectivity index (χ2n) is 4.72. The van der Waals surface area contributed by atoms with Gasteiger partial charge in [0, 0.05) is 13.1 Å². The minimum atomic E-state index is -0.0935. The molecule has 1 aliphatic heterocycles. The van der Waals surface area contributed by atoms with Gasteiger partial charge in [0.2, 0.25) is 12.7 Å². The number of carbonyl (C=O) groups is 1. The maximum Gasteiger partial charge on any atom is 0.246 e. The second kappa shape index (κ2) is 5.75. The van der Waals surface area contributed by atoms with Crippen molar-refractivity contribution < 1.29 is 18.7 Å².